The van der Waals surface area contributed by atoms with Crippen LogP contribution in [0.1, 0.15) is 26.7 Å². The summed E-state index contributed by atoms with van der Waals surface area (Å²) in [6.45, 7) is 3.89. The molecule has 0 heterocycles. The Morgan fingerprint density at radius 2 is 2.00 bits per heavy atom. The summed E-state index contributed by atoms with van der Waals surface area (Å²) in [5, 5.41) is 17.7. The van der Waals surface area contributed by atoms with Gasteiger partial charge in [-0.05, 0) is 23.4 Å². The van der Waals surface area contributed by atoms with E-state index in [1.807, 2.05) is 13.8 Å². The minimum atomic E-state index is -1.48. The fraction of sp³-hybridized carbons (Fsp3) is 0.625. The van der Waals surface area contributed by atoms with E-state index >= 15 is 0 Å². The van der Waals surface area contributed by atoms with Crippen molar-refractivity contribution in [2.75, 3.05) is 0 Å². The normalized spacial score (nSPS) is 22.0. The van der Waals surface area contributed by atoms with Crippen molar-refractivity contribution in [3.8, 4) is 0 Å². The van der Waals surface area contributed by atoms with Crippen LogP contribution in [-0.4, -0.2) is 22.9 Å². The molecule has 4 heteroatoms. The van der Waals surface area contributed by atoms with E-state index in [4.69, 9.17) is 10.0 Å². The SMILES string of the molecule is CC1(C)CC(=O)C=C(B(O)O)C1. The van der Waals surface area contributed by atoms with E-state index in [9.17, 15) is 4.79 Å². The highest BCUT2D eigenvalue weighted by Gasteiger charge is 2.31. The molecule has 12 heavy (non-hydrogen) atoms. The largest absolute Gasteiger partial charge is 0.484 e. The first kappa shape index (κ1) is 9.48. The zero-order valence-electron chi connectivity index (χ0n) is 7.37. The van der Waals surface area contributed by atoms with E-state index in [1.54, 1.807) is 0 Å². The van der Waals surface area contributed by atoms with Crippen molar-refractivity contribution >= 4 is 12.9 Å². The first-order chi connectivity index (χ1) is 5.41. The maximum absolute atomic E-state index is 11.1. The monoisotopic (exact) mass is 168 g/mol. The molecule has 0 fully saturated rings. The lowest BCUT2D eigenvalue weighted by atomic mass is 9.65. The third kappa shape index (κ3) is 2.19. The maximum atomic E-state index is 11.1. The second-order valence-electron chi connectivity index (χ2n) is 4.08. The molecule has 0 unspecified atom stereocenters. The van der Waals surface area contributed by atoms with Gasteiger partial charge in [0.2, 0.25) is 0 Å². The number of allylic oxidation sites excluding steroid dienone is 2. The van der Waals surface area contributed by atoms with Gasteiger partial charge in [0, 0.05) is 6.42 Å². The summed E-state index contributed by atoms with van der Waals surface area (Å²) in [4.78, 5) is 11.1. The van der Waals surface area contributed by atoms with Gasteiger partial charge in [-0.2, -0.15) is 0 Å². The third-order valence-electron chi connectivity index (χ3n) is 2.01. The van der Waals surface area contributed by atoms with Crippen LogP contribution >= 0.6 is 0 Å². The molecule has 0 saturated carbocycles. The summed E-state index contributed by atoms with van der Waals surface area (Å²) >= 11 is 0. The molecule has 1 aliphatic rings. The first-order valence-corrected chi connectivity index (χ1v) is 4.00. The highest BCUT2D eigenvalue weighted by Crippen LogP contribution is 2.33. The van der Waals surface area contributed by atoms with Crippen molar-refractivity contribution in [1.82, 2.24) is 0 Å². The molecule has 2 N–H and O–H groups in total. The Labute approximate surface area is 72.2 Å². The third-order valence-corrected chi connectivity index (χ3v) is 2.01. The zero-order chi connectivity index (χ0) is 9.35. The van der Waals surface area contributed by atoms with Gasteiger partial charge >= 0.3 is 7.12 Å². The first-order valence-electron chi connectivity index (χ1n) is 4.00. The summed E-state index contributed by atoms with van der Waals surface area (Å²) in [5.74, 6) is -0.0191. The molecule has 0 spiro atoms. The van der Waals surface area contributed by atoms with Gasteiger partial charge in [-0.3, -0.25) is 4.79 Å². The van der Waals surface area contributed by atoms with Crippen LogP contribution in [0.15, 0.2) is 11.5 Å². The molecule has 66 valence electrons. The van der Waals surface area contributed by atoms with Gasteiger partial charge in [0.15, 0.2) is 5.78 Å². The van der Waals surface area contributed by atoms with Crippen molar-refractivity contribution in [3.63, 3.8) is 0 Å². The molecule has 0 radical (unpaired) electrons. The average Bonchev–Trinajstić information content (AvgIpc) is 1.82. The standard InChI is InChI=1S/C8H13BO3/c1-8(2)4-6(9(11)12)3-7(10)5-8/h3,11-12H,4-5H2,1-2H3. The molecular weight excluding hydrogens is 155 g/mol. The van der Waals surface area contributed by atoms with E-state index in [0.717, 1.165) is 0 Å². The number of hydrogen-bond donors (Lipinski definition) is 2. The minimum absolute atomic E-state index is 0.0191. The summed E-state index contributed by atoms with van der Waals surface area (Å²) in [5.41, 5.74) is 0.293. The lowest BCUT2D eigenvalue weighted by Crippen LogP contribution is -2.28. The van der Waals surface area contributed by atoms with Crippen molar-refractivity contribution < 1.29 is 14.8 Å². The topological polar surface area (TPSA) is 57.5 Å². The Hall–Kier alpha value is -0.605. The Bertz CT molecular complexity index is 230. The molecule has 0 saturated heterocycles. The van der Waals surface area contributed by atoms with Crippen molar-refractivity contribution in [2.45, 2.75) is 26.7 Å². The molecule has 0 aromatic carbocycles. The molecule has 0 aromatic rings. The molecule has 0 aromatic heterocycles. The summed E-state index contributed by atoms with van der Waals surface area (Å²) in [6.07, 6.45) is 2.41. The van der Waals surface area contributed by atoms with Gasteiger partial charge in [0.05, 0.1) is 0 Å². The summed E-state index contributed by atoms with van der Waals surface area (Å²) < 4.78 is 0. The quantitative estimate of drug-likeness (QED) is 0.554. The van der Waals surface area contributed by atoms with Crippen LogP contribution in [0.3, 0.4) is 0 Å². The number of carbonyl (C=O) groups is 1. The molecule has 0 atom stereocenters. The molecule has 1 aliphatic carbocycles. The predicted molar refractivity (Wildman–Crippen MR) is 46.3 cm³/mol. The van der Waals surface area contributed by atoms with Crippen molar-refractivity contribution in [3.05, 3.63) is 11.5 Å². The minimum Gasteiger partial charge on any atom is -0.423 e. The molecule has 1 rings (SSSR count). The van der Waals surface area contributed by atoms with Crippen LogP contribution in [0.25, 0.3) is 0 Å². The summed E-state index contributed by atoms with van der Waals surface area (Å²) in [7, 11) is -1.48. The highest BCUT2D eigenvalue weighted by molar-refractivity contribution is 6.51. The fourth-order valence-electron chi connectivity index (χ4n) is 1.56. The van der Waals surface area contributed by atoms with E-state index in [-0.39, 0.29) is 11.2 Å². The average molecular weight is 168 g/mol. The number of hydrogen-bond acceptors (Lipinski definition) is 3. The Morgan fingerprint density at radius 3 is 2.42 bits per heavy atom. The molecule has 0 bridgehead atoms. The van der Waals surface area contributed by atoms with Crippen LogP contribution in [0, 0.1) is 5.41 Å². The van der Waals surface area contributed by atoms with Crippen molar-refractivity contribution in [1.29, 1.82) is 0 Å². The van der Waals surface area contributed by atoms with Gasteiger partial charge in [0.1, 0.15) is 0 Å². The molecule has 0 aliphatic heterocycles. The number of rotatable bonds is 1. The maximum Gasteiger partial charge on any atom is 0.484 e. The zero-order valence-corrected chi connectivity index (χ0v) is 7.37. The Morgan fingerprint density at radius 1 is 1.42 bits per heavy atom. The van der Waals surface area contributed by atoms with Gasteiger partial charge in [-0.15, -0.1) is 0 Å². The van der Waals surface area contributed by atoms with Crippen LogP contribution in [0.5, 0.6) is 0 Å². The van der Waals surface area contributed by atoms with Gasteiger partial charge in [0.25, 0.3) is 0 Å². The molecular formula is C8H13BO3. The van der Waals surface area contributed by atoms with E-state index < -0.39 is 7.12 Å². The fourth-order valence-corrected chi connectivity index (χ4v) is 1.56. The highest BCUT2D eigenvalue weighted by atomic mass is 16.4. The van der Waals surface area contributed by atoms with Gasteiger partial charge in [-0.1, -0.05) is 13.8 Å². The van der Waals surface area contributed by atoms with E-state index in [1.165, 1.54) is 6.08 Å². The van der Waals surface area contributed by atoms with Gasteiger partial charge in [-0.25, -0.2) is 0 Å². The van der Waals surface area contributed by atoms with Gasteiger partial charge < -0.3 is 10.0 Å². The smallest absolute Gasteiger partial charge is 0.423 e. The number of ketones is 1. The second-order valence-corrected chi connectivity index (χ2v) is 4.08. The van der Waals surface area contributed by atoms with Crippen LogP contribution < -0.4 is 0 Å². The second kappa shape index (κ2) is 3.03. The van der Waals surface area contributed by atoms with E-state index in [2.05, 4.69) is 0 Å². The lowest BCUT2D eigenvalue weighted by molar-refractivity contribution is -0.116. The molecule has 0 amide bonds. The molecule has 3 nitrogen and oxygen atoms in total. The summed E-state index contributed by atoms with van der Waals surface area (Å²) in [6, 6.07) is 0. The lowest BCUT2D eigenvalue weighted by Gasteiger charge is -2.28. The predicted octanol–water partition coefficient (Wildman–Crippen LogP) is 0.314. The Kier molecular flexibility index (Phi) is 2.40. The Balaban J connectivity index is 2.84. The van der Waals surface area contributed by atoms with Crippen LogP contribution in [-0.2, 0) is 4.79 Å². The van der Waals surface area contributed by atoms with Crippen LogP contribution in [0.2, 0.25) is 0 Å². The van der Waals surface area contributed by atoms with Crippen molar-refractivity contribution in [2.24, 2.45) is 5.41 Å². The van der Waals surface area contributed by atoms with E-state index in [0.29, 0.717) is 18.3 Å². The van der Waals surface area contributed by atoms with Crippen LogP contribution in [0.4, 0.5) is 0 Å². The number of carbonyl (C=O) groups excluding carboxylic acids is 1.